The molecule has 1 unspecified atom stereocenters. The highest BCUT2D eigenvalue weighted by Crippen LogP contribution is 2.36. The Balaban J connectivity index is 0.00000145. The van der Waals surface area contributed by atoms with E-state index in [1.807, 2.05) is 57.4 Å². The van der Waals surface area contributed by atoms with Gasteiger partial charge in [0.1, 0.15) is 11.7 Å². The second-order valence-corrected chi connectivity index (χ2v) is 9.34. The van der Waals surface area contributed by atoms with Gasteiger partial charge in [-0.3, -0.25) is 4.99 Å². The maximum Gasteiger partial charge on any atom is 0.146 e. The first-order chi connectivity index (χ1) is 16.9. The molecule has 0 radical (unpaired) electrons. The largest absolute Gasteiger partial charge is 0.383 e. The third kappa shape index (κ3) is 8.60. The van der Waals surface area contributed by atoms with Crippen molar-refractivity contribution in [1.29, 1.82) is 0 Å². The van der Waals surface area contributed by atoms with Crippen molar-refractivity contribution in [2.75, 3.05) is 18.8 Å². The highest BCUT2D eigenvalue weighted by atomic mass is 32.1. The topological polar surface area (TPSA) is 101 Å². The molecule has 3 heterocycles. The van der Waals surface area contributed by atoms with Crippen LogP contribution in [0.15, 0.2) is 53.2 Å². The molecule has 35 heavy (non-hydrogen) atoms. The number of hydrogen-bond acceptors (Lipinski definition) is 6. The zero-order valence-electron chi connectivity index (χ0n) is 22.7. The van der Waals surface area contributed by atoms with Gasteiger partial charge in [-0.25, -0.2) is 10.8 Å². The van der Waals surface area contributed by atoms with Crippen LogP contribution in [-0.2, 0) is 0 Å². The van der Waals surface area contributed by atoms with Crippen LogP contribution in [0.3, 0.4) is 0 Å². The summed E-state index contributed by atoms with van der Waals surface area (Å²) in [7, 11) is 0. The number of aromatic nitrogens is 1. The fraction of sp³-hybridized carbons (Fsp3) is 0.500. The van der Waals surface area contributed by atoms with Gasteiger partial charge in [-0.05, 0) is 82.8 Å². The summed E-state index contributed by atoms with van der Waals surface area (Å²) < 4.78 is 0. The number of thiophene rings is 1. The van der Waals surface area contributed by atoms with Crippen LogP contribution >= 0.6 is 11.3 Å². The van der Waals surface area contributed by atoms with Gasteiger partial charge in [-0.1, -0.05) is 39.3 Å². The minimum absolute atomic E-state index is 0.0511. The number of rotatable bonds is 7. The molecule has 2 aromatic heterocycles. The number of pyridine rings is 1. The van der Waals surface area contributed by atoms with E-state index < -0.39 is 0 Å². The van der Waals surface area contributed by atoms with Gasteiger partial charge >= 0.3 is 0 Å². The molecule has 1 aliphatic heterocycles. The van der Waals surface area contributed by atoms with Gasteiger partial charge in [0.2, 0.25) is 0 Å². The number of hydrazine groups is 1. The molecule has 194 valence electrons. The molecule has 3 rings (SSSR count). The highest BCUT2D eigenvalue weighted by Gasteiger charge is 2.19. The summed E-state index contributed by atoms with van der Waals surface area (Å²) in [5.74, 6) is 7.45. The molecule has 6 nitrogen and oxygen atoms in total. The quantitative estimate of drug-likeness (QED) is 0.116. The molecule has 0 aliphatic carbocycles. The maximum atomic E-state index is 6.23. The van der Waals surface area contributed by atoms with E-state index >= 15 is 0 Å². The Morgan fingerprint density at radius 3 is 2.46 bits per heavy atom. The normalized spacial score (nSPS) is 14.6. The van der Waals surface area contributed by atoms with E-state index in [1.165, 1.54) is 33.7 Å². The van der Waals surface area contributed by atoms with Crippen molar-refractivity contribution in [3.8, 4) is 10.4 Å². The average molecular weight is 499 g/mol. The van der Waals surface area contributed by atoms with Crippen LogP contribution in [0.1, 0.15) is 84.1 Å². The number of aliphatic imine (C=N–C) groups is 1. The molecule has 2 aromatic rings. The summed E-state index contributed by atoms with van der Waals surface area (Å²) in [6.45, 7) is 20.3. The van der Waals surface area contributed by atoms with Gasteiger partial charge in [-0.2, -0.15) is 0 Å². The zero-order chi connectivity index (χ0) is 26.4. The number of nitrogens with two attached hydrogens (primary N) is 2. The molecule has 1 atom stereocenters. The molecule has 7 heteroatoms. The van der Waals surface area contributed by atoms with Gasteiger partial charge in [-0.15, -0.1) is 17.9 Å². The second kappa shape index (κ2) is 16.2. The fourth-order valence-corrected chi connectivity index (χ4v) is 4.95. The molecule has 6 N–H and O–H groups in total. The minimum atomic E-state index is -0.0511. The van der Waals surface area contributed by atoms with Crippen LogP contribution in [0.25, 0.3) is 10.4 Å². The van der Waals surface area contributed by atoms with Crippen LogP contribution in [0, 0.1) is 0 Å². The SMILES string of the molecule is C=CCC(N=C(NN)c1cc(-c2ccc(C3CCNCC3)s2)cnc1N)C(C)=C(C)C.CC.CC. The predicted octanol–water partition coefficient (Wildman–Crippen LogP) is 6.42. The summed E-state index contributed by atoms with van der Waals surface area (Å²) in [4.78, 5) is 11.9. The Labute approximate surface area is 217 Å². The van der Waals surface area contributed by atoms with E-state index in [4.69, 9.17) is 16.6 Å². The number of nitrogens with zero attached hydrogens (tertiary/aromatic N) is 2. The molecule has 1 saturated heterocycles. The van der Waals surface area contributed by atoms with E-state index in [2.05, 4.69) is 55.2 Å². The average Bonchev–Trinajstić information content (AvgIpc) is 3.40. The van der Waals surface area contributed by atoms with Crippen LogP contribution in [0.2, 0.25) is 0 Å². The first kappa shape index (κ1) is 30.6. The molecule has 0 bridgehead atoms. The third-order valence-electron chi connectivity index (χ3n) is 5.93. The van der Waals surface area contributed by atoms with Crippen molar-refractivity contribution >= 4 is 23.0 Å². The highest BCUT2D eigenvalue weighted by molar-refractivity contribution is 7.15. The Bertz CT molecular complexity index is 966. The second-order valence-electron chi connectivity index (χ2n) is 8.23. The van der Waals surface area contributed by atoms with Gasteiger partial charge in [0, 0.05) is 21.5 Å². The molecule has 0 spiro atoms. The number of amidine groups is 1. The summed E-state index contributed by atoms with van der Waals surface area (Å²) in [6.07, 6.45) is 6.80. The lowest BCUT2D eigenvalue weighted by Crippen LogP contribution is -2.33. The van der Waals surface area contributed by atoms with Gasteiger partial charge in [0.15, 0.2) is 0 Å². The van der Waals surface area contributed by atoms with Crippen LogP contribution in [0.4, 0.5) is 5.82 Å². The first-order valence-corrected chi connectivity index (χ1v) is 13.6. The van der Waals surface area contributed by atoms with E-state index in [-0.39, 0.29) is 6.04 Å². The van der Waals surface area contributed by atoms with Gasteiger partial charge in [0.25, 0.3) is 0 Å². The molecule has 1 aliphatic rings. The molecular formula is C28H46N6S. The van der Waals surface area contributed by atoms with Crippen LogP contribution in [0.5, 0.6) is 0 Å². The predicted molar refractivity (Wildman–Crippen MR) is 156 cm³/mol. The Morgan fingerprint density at radius 1 is 1.23 bits per heavy atom. The van der Waals surface area contributed by atoms with Gasteiger partial charge < -0.3 is 16.5 Å². The summed E-state index contributed by atoms with van der Waals surface area (Å²) in [5.41, 5.74) is 13.1. The lowest BCUT2D eigenvalue weighted by atomic mass is 9.97. The first-order valence-electron chi connectivity index (χ1n) is 12.8. The zero-order valence-corrected chi connectivity index (χ0v) is 23.6. The van der Waals surface area contributed by atoms with Crippen molar-refractivity contribution in [1.82, 2.24) is 15.7 Å². The lowest BCUT2D eigenvalue weighted by Gasteiger charge is -2.21. The van der Waals surface area contributed by atoms with E-state index in [1.54, 1.807) is 0 Å². The van der Waals surface area contributed by atoms with Crippen molar-refractivity contribution in [2.24, 2.45) is 10.8 Å². The Hall–Kier alpha value is -2.48. The van der Waals surface area contributed by atoms with E-state index in [0.29, 0.717) is 23.1 Å². The fourth-order valence-electron chi connectivity index (χ4n) is 3.79. The number of hydrogen-bond donors (Lipinski definition) is 4. The monoisotopic (exact) mass is 498 g/mol. The molecule has 0 aromatic carbocycles. The van der Waals surface area contributed by atoms with Crippen molar-refractivity contribution < 1.29 is 0 Å². The number of piperidine rings is 1. The van der Waals surface area contributed by atoms with Crippen molar-refractivity contribution in [3.05, 3.63) is 58.6 Å². The number of anilines is 1. The standard InChI is InChI=1S/C24H34N6S.2C2H6/c1-5-6-20(16(4)15(2)3)29-24(30-26)19-13-18(14-28-23(19)25)22-8-7-21(31-22)17-9-11-27-12-10-17;2*1-2/h5,7-8,13-14,17,20,27H,1,6,9-12,26H2,2-4H3,(H2,25,28)(H,29,30);2*1-2H3. The Morgan fingerprint density at radius 2 is 1.89 bits per heavy atom. The minimum Gasteiger partial charge on any atom is -0.383 e. The number of allylic oxidation sites excluding steroid dienone is 1. The summed E-state index contributed by atoms with van der Waals surface area (Å²) in [5, 5.41) is 3.43. The third-order valence-corrected chi connectivity index (χ3v) is 7.22. The van der Waals surface area contributed by atoms with Crippen LogP contribution in [-0.4, -0.2) is 30.0 Å². The molecule has 0 amide bonds. The lowest BCUT2D eigenvalue weighted by molar-refractivity contribution is 0.465. The summed E-state index contributed by atoms with van der Waals surface area (Å²) >= 11 is 1.84. The van der Waals surface area contributed by atoms with Crippen LogP contribution < -0.4 is 22.3 Å². The molecule has 0 saturated carbocycles. The summed E-state index contributed by atoms with van der Waals surface area (Å²) in [6, 6.07) is 6.41. The number of nitrogens with one attached hydrogen (secondary N) is 2. The molecular weight excluding hydrogens is 452 g/mol. The van der Waals surface area contributed by atoms with Gasteiger partial charge in [0.05, 0.1) is 11.6 Å². The van der Waals surface area contributed by atoms with Crippen molar-refractivity contribution in [2.45, 2.75) is 79.7 Å². The van der Waals surface area contributed by atoms with Crippen molar-refractivity contribution in [3.63, 3.8) is 0 Å². The smallest absolute Gasteiger partial charge is 0.146 e. The Kier molecular flexibility index (Phi) is 14.2. The van der Waals surface area contributed by atoms with E-state index in [9.17, 15) is 0 Å². The number of nitrogen functional groups attached to an aromatic ring is 1. The molecule has 1 fully saturated rings. The van der Waals surface area contributed by atoms with E-state index in [0.717, 1.165) is 25.1 Å². The maximum absolute atomic E-state index is 6.23.